The second-order valence-corrected chi connectivity index (χ2v) is 5.00. The molecular formula is C15H23NO2. The van der Waals surface area contributed by atoms with Gasteiger partial charge in [-0.3, -0.25) is 4.79 Å². The van der Waals surface area contributed by atoms with Crippen molar-refractivity contribution < 1.29 is 9.90 Å². The molecule has 0 saturated carbocycles. The van der Waals surface area contributed by atoms with Gasteiger partial charge in [-0.2, -0.15) is 0 Å². The van der Waals surface area contributed by atoms with Crippen molar-refractivity contribution in [1.29, 1.82) is 0 Å². The number of Topliss-reactive ketones (excluding diaryl/α,β-unsaturated/α-hetero) is 1. The molecule has 0 aliphatic rings. The maximum Gasteiger partial charge on any atom is 0.139 e. The number of carbonyl (C=O) groups excluding carboxylic acids is 1. The summed E-state index contributed by atoms with van der Waals surface area (Å²) in [5.41, 5.74) is 7.97. The number of anilines is 1. The number of unbranched alkanes of at least 4 members (excludes halogenated alkanes) is 1. The summed E-state index contributed by atoms with van der Waals surface area (Å²) in [6.07, 6.45) is 3.75. The van der Waals surface area contributed by atoms with E-state index in [1.807, 2.05) is 13.0 Å². The molecule has 0 unspecified atom stereocenters. The normalized spacial score (nSPS) is 12.4. The van der Waals surface area contributed by atoms with Gasteiger partial charge in [0.25, 0.3) is 0 Å². The monoisotopic (exact) mass is 249 g/mol. The van der Waals surface area contributed by atoms with Crippen molar-refractivity contribution in [1.82, 2.24) is 0 Å². The Morgan fingerprint density at radius 3 is 2.61 bits per heavy atom. The summed E-state index contributed by atoms with van der Waals surface area (Å²) < 4.78 is 0. The molecule has 18 heavy (non-hydrogen) atoms. The van der Waals surface area contributed by atoms with Crippen LogP contribution in [-0.4, -0.2) is 10.9 Å². The van der Waals surface area contributed by atoms with Crippen molar-refractivity contribution in [3.05, 3.63) is 23.3 Å². The van der Waals surface area contributed by atoms with Gasteiger partial charge in [-0.15, -0.1) is 0 Å². The first kappa shape index (κ1) is 14.6. The van der Waals surface area contributed by atoms with Crippen LogP contribution in [0.15, 0.2) is 12.1 Å². The van der Waals surface area contributed by atoms with E-state index >= 15 is 0 Å². The fraction of sp³-hybridized carbons (Fsp3) is 0.533. The predicted molar refractivity (Wildman–Crippen MR) is 74.7 cm³/mol. The van der Waals surface area contributed by atoms with Crippen molar-refractivity contribution in [2.75, 3.05) is 5.73 Å². The van der Waals surface area contributed by atoms with Crippen LogP contribution >= 0.6 is 0 Å². The molecule has 0 radical (unpaired) electrons. The van der Waals surface area contributed by atoms with Gasteiger partial charge in [0.15, 0.2) is 0 Å². The summed E-state index contributed by atoms with van der Waals surface area (Å²) in [7, 11) is 0. The lowest BCUT2D eigenvalue weighted by Crippen LogP contribution is -2.14. The van der Waals surface area contributed by atoms with Crippen molar-refractivity contribution in [2.45, 2.75) is 46.5 Å². The molecule has 0 aromatic heterocycles. The number of hydrogen-bond donors (Lipinski definition) is 2. The largest absolute Gasteiger partial charge is 0.506 e. The molecule has 0 amide bonds. The van der Waals surface area contributed by atoms with E-state index in [0.29, 0.717) is 12.1 Å². The maximum atomic E-state index is 11.6. The molecule has 3 N–H and O–H groups in total. The summed E-state index contributed by atoms with van der Waals surface area (Å²) >= 11 is 0. The first-order chi connectivity index (χ1) is 8.45. The number of nitrogens with two attached hydrogens (primary N) is 1. The highest BCUT2D eigenvalue weighted by Crippen LogP contribution is 2.27. The number of aromatic hydroxyl groups is 1. The van der Waals surface area contributed by atoms with Crippen LogP contribution in [0.25, 0.3) is 0 Å². The average molecular weight is 249 g/mol. The fourth-order valence-corrected chi connectivity index (χ4v) is 2.15. The number of benzene rings is 1. The highest BCUT2D eigenvalue weighted by atomic mass is 16.3. The smallest absolute Gasteiger partial charge is 0.139 e. The Kier molecular flexibility index (Phi) is 5.20. The second-order valence-electron chi connectivity index (χ2n) is 5.00. The van der Waals surface area contributed by atoms with Gasteiger partial charge >= 0.3 is 0 Å². The Hall–Kier alpha value is -1.51. The minimum absolute atomic E-state index is 0.0485. The molecule has 3 nitrogen and oxygen atoms in total. The second kappa shape index (κ2) is 6.43. The van der Waals surface area contributed by atoms with Crippen molar-refractivity contribution in [3.8, 4) is 5.75 Å². The number of hydrogen-bond acceptors (Lipinski definition) is 3. The van der Waals surface area contributed by atoms with Crippen molar-refractivity contribution in [3.63, 3.8) is 0 Å². The number of carbonyl (C=O) groups is 1. The Bertz CT molecular complexity index is 403. The van der Waals surface area contributed by atoms with Crippen LogP contribution in [0.1, 0.15) is 44.2 Å². The molecule has 0 aliphatic heterocycles. The van der Waals surface area contributed by atoms with Crippen LogP contribution in [0, 0.1) is 12.8 Å². The molecule has 0 fully saturated rings. The van der Waals surface area contributed by atoms with Gasteiger partial charge in [-0.1, -0.05) is 25.8 Å². The lowest BCUT2D eigenvalue weighted by Gasteiger charge is -2.15. The highest BCUT2D eigenvalue weighted by molar-refractivity contribution is 5.78. The van der Waals surface area contributed by atoms with Crippen LogP contribution in [0.4, 0.5) is 5.69 Å². The van der Waals surface area contributed by atoms with Crippen LogP contribution in [-0.2, 0) is 11.2 Å². The van der Waals surface area contributed by atoms with E-state index in [0.717, 1.165) is 30.4 Å². The summed E-state index contributed by atoms with van der Waals surface area (Å²) in [6.45, 7) is 5.63. The molecule has 100 valence electrons. The van der Waals surface area contributed by atoms with Gasteiger partial charge < -0.3 is 10.8 Å². The van der Waals surface area contributed by atoms with Gasteiger partial charge in [0.05, 0.1) is 5.69 Å². The maximum absolute atomic E-state index is 11.6. The molecule has 0 saturated heterocycles. The van der Waals surface area contributed by atoms with Crippen LogP contribution in [0.2, 0.25) is 0 Å². The number of rotatable bonds is 6. The van der Waals surface area contributed by atoms with E-state index in [1.54, 1.807) is 13.0 Å². The Labute approximate surface area is 109 Å². The average Bonchev–Trinajstić information content (AvgIpc) is 2.30. The van der Waals surface area contributed by atoms with Gasteiger partial charge in [0.2, 0.25) is 0 Å². The summed E-state index contributed by atoms with van der Waals surface area (Å²) in [5, 5.41) is 9.70. The summed E-state index contributed by atoms with van der Waals surface area (Å²) in [4.78, 5) is 11.6. The molecule has 0 bridgehead atoms. The quantitative estimate of drug-likeness (QED) is 0.601. The molecule has 3 heteroatoms. The minimum atomic E-state index is 0.0485. The first-order valence-corrected chi connectivity index (χ1v) is 6.54. The van der Waals surface area contributed by atoms with Gasteiger partial charge in [0, 0.05) is 5.92 Å². The van der Waals surface area contributed by atoms with Gasteiger partial charge in [0.1, 0.15) is 11.5 Å². The molecular weight excluding hydrogens is 226 g/mol. The fourth-order valence-electron chi connectivity index (χ4n) is 2.15. The number of nitrogen functional groups attached to an aromatic ring is 1. The molecule has 1 aromatic rings. The minimum Gasteiger partial charge on any atom is -0.506 e. The summed E-state index contributed by atoms with van der Waals surface area (Å²) in [6, 6.07) is 3.63. The zero-order chi connectivity index (χ0) is 13.7. The molecule has 1 rings (SSSR count). The van der Waals surface area contributed by atoms with E-state index in [4.69, 9.17) is 5.73 Å². The van der Waals surface area contributed by atoms with Crippen LogP contribution < -0.4 is 5.73 Å². The number of ketones is 1. The zero-order valence-electron chi connectivity index (χ0n) is 11.5. The topological polar surface area (TPSA) is 63.3 Å². The number of phenolic OH excluding ortho intramolecular Hbond substituents is 1. The zero-order valence-corrected chi connectivity index (χ0v) is 11.5. The van der Waals surface area contributed by atoms with Gasteiger partial charge in [-0.25, -0.2) is 0 Å². The molecule has 0 heterocycles. The molecule has 0 aliphatic carbocycles. The summed E-state index contributed by atoms with van der Waals surface area (Å²) in [5.74, 6) is 0.382. The number of aryl methyl sites for hydroxylation is 1. The molecule has 1 aromatic carbocycles. The first-order valence-electron chi connectivity index (χ1n) is 6.54. The number of phenols is 1. The van der Waals surface area contributed by atoms with E-state index in [1.165, 1.54) is 0 Å². The van der Waals surface area contributed by atoms with Gasteiger partial charge in [-0.05, 0) is 43.9 Å². The van der Waals surface area contributed by atoms with Crippen molar-refractivity contribution >= 4 is 11.5 Å². The van der Waals surface area contributed by atoms with E-state index < -0.39 is 0 Å². The van der Waals surface area contributed by atoms with E-state index in [-0.39, 0.29) is 17.5 Å². The van der Waals surface area contributed by atoms with Crippen LogP contribution in [0.5, 0.6) is 5.75 Å². The third-order valence-electron chi connectivity index (χ3n) is 3.39. The lowest BCUT2D eigenvalue weighted by molar-refractivity contribution is -0.120. The molecule has 0 spiro atoms. The van der Waals surface area contributed by atoms with Crippen molar-refractivity contribution in [2.24, 2.45) is 5.92 Å². The Balaban J connectivity index is 2.84. The van der Waals surface area contributed by atoms with E-state index in [9.17, 15) is 9.90 Å². The standard InChI is InChI=1S/C15H23NO2/c1-4-5-6-13(11(3)17)8-12-7-10(2)15(16)14(18)9-12/h7,9,13,18H,4-6,8,16H2,1-3H3/t13-/m1/s1. The highest BCUT2D eigenvalue weighted by Gasteiger charge is 2.15. The third-order valence-corrected chi connectivity index (χ3v) is 3.39. The Morgan fingerprint density at radius 2 is 2.11 bits per heavy atom. The van der Waals surface area contributed by atoms with Crippen LogP contribution in [0.3, 0.4) is 0 Å². The predicted octanol–water partition coefficient (Wildman–Crippen LogP) is 3.22. The molecule has 1 atom stereocenters. The Morgan fingerprint density at radius 1 is 1.44 bits per heavy atom. The SMILES string of the molecule is CCCC[C@H](Cc1cc(C)c(N)c(O)c1)C(C)=O. The third kappa shape index (κ3) is 3.76. The lowest BCUT2D eigenvalue weighted by atomic mass is 9.90. The van der Waals surface area contributed by atoms with E-state index in [2.05, 4.69) is 6.92 Å².